The van der Waals surface area contributed by atoms with E-state index in [1.165, 1.54) is 17.8 Å². The van der Waals surface area contributed by atoms with Crippen LogP contribution in [0, 0.1) is 17.0 Å². The molecule has 2 heterocycles. The molecule has 8 heteroatoms. The minimum atomic E-state index is -0.381. The molecule has 0 radical (unpaired) electrons. The van der Waals surface area contributed by atoms with Crippen LogP contribution in [-0.4, -0.2) is 24.5 Å². The lowest BCUT2D eigenvalue weighted by Gasteiger charge is -2.12. The van der Waals surface area contributed by atoms with Gasteiger partial charge in [0.15, 0.2) is 10.8 Å². The van der Waals surface area contributed by atoms with Crippen LogP contribution in [0.3, 0.4) is 0 Å². The van der Waals surface area contributed by atoms with Crippen LogP contribution >= 0.6 is 11.8 Å². The molecule has 0 aliphatic carbocycles. The van der Waals surface area contributed by atoms with E-state index in [9.17, 15) is 10.1 Å². The minimum Gasteiger partial charge on any atom is -0.258 e. The van der Waals surface area contributed by atoms with Gasteiger partial charge in [0.25, 0.3) is 5.69 Å². The molecule has 2 aromatic carbocycles. The number of non-ortho nitro benzene ring substituents is 1. The van der Waals surface area contributed by atoms with Gasteiger partial charge in [0.2, 0.25) is 0 Å². The fourth-order valence-electron chi connectivity index (χ4n) is 2.83. The molecular formula is C18H15N5O2S. The first kappa shape index (κ1) is 16.5. The van der Waals surface area contributed by atoms with Crippen molar-refractivity contribution in [3.05, 3.63) is 70.0 Å². The monoisotopic (exact) mass is 365 g/mol. The minimum absolute atomic E-state index is 0.0312. The molecule has 0 N–H and O–H groups in total. The number of fused-ring (bicyclic) bond motifs is 3. The number of benzene rings is 2. The Morgan fingerprint density at radius 1 is 1.15 bits per heavy atom. The maximum atomic E-state index is 11.0. The number of rotatable bonds is 4. The summed E-state index contributed by atoms with van der Waals surface area (Å²) >= 11 is 1.50. The number of hydrogen-bond acceptors (Lipinski definition) is 6. The van der Waals surface area contributed by atoms with Crippen molar-refractivity contribution in [2.45, 2.75) is 24.3 Å². The van der Waals surface area contributed by atoms with Crippen molar-refractivity contribution in [3.8, 4) is 0 Å². The number of nitro groups is 1. The second-order valence-corrected chi connectivity index (χ2v) is 7.23. The fourth-order valence-corrected chi connectivity index (χ4v) is 3.80. The summed E-state index contributed by atoms with van der Waals surface area (Å²) < 4.78 is 1.75. The fraction of sp³-hybridized carbons (Fsp3) is 0.167. The summed E-state index contributed by atoms with van der Waals surface area (Å²) in [6, 6.07) is 14.5. The topological polar surface area (TPSA) is 86.2 Å². The molecule has 0 fully saturated rings. The summed E-state index contributed by atoms with van der Waals surface area (Å²) in [6.45, 7) is 3.84. The van der Waals surface area contributed by atoms with E-state index in [-0.39, 0.29) is 15.9 Å². The van der Waals surface area contributed by atoms with Crippen molar-refractivity contribution in [1.82, 2.24) is 19.6 Å². The number of hydrogen-bond donors (Lipinski definition) is 0. The molecule has 0 bridgehead atoms. The molecule has 7 nitrogen and oxygen atoms in total. The third-order valence-corrected chi connectivity index (χ3v) is 5.19. The van der Waals surface area contributed by atoms with Gasteiger partial charge >= 0.3 is 0 Å². The Morgan fingerprint density at radius 3 is 2.77 bits per heavy atom. The molecule has 0 aliphatic heterocycles. The molecule has 0 aliphatic rings. The largest absolute Gasteiger partial charge is 0.269 e. The quantitative estimate of drug-likeness (QED) is 0.231. The van der Waals surface area contributed by atoms with Crippen molar-refractivity contribution in [2.24, 2.45) is 0 Å². The molecule has 130 valence electrons. The molecule has 4 aromatic rings. The lowest BCUT2D eigenvalue weighted by Crippen LogP contribution is -2.00. The van der Waals surface area contributed by atoms with E-state index in [4.69, 9.17) is 4.98 Å². The van der Waals surface area contributed by atoms with Crippen LogP contribution in [0.2, 0.25) is 0 Å². The lowest BCUT2D eigenvalue weighted by atomic mass is 10.1. The van der Waals surface area contributed by atoms with Crippen LogP contribution in [0.25, 0.3) is 16.6 Å². The highest BCUT2D eigenvalue weighted by Gasteiger charge is 2.17. The predicted octanol–water partition coefficient (Wildman–Crippen LogP) is 4.35. The van der Waals surface area contributed by atoms with Gasteiger partial charge < -0.3 is 0 Å². The van der Waals surface area contributed by atoms with Crippen molar-refractivity contribution >= 4 is 34.0 Å². The van der Waals surface area contributed by atoms with E-state index in [2.05, 4.69) is 10.1 Å². The standard InChI is InChI=1S/C18H15N5O2S/c1-11(13-6-5-7-14(10-13)23(24)25)26-18-20-16-9-4-3-8-15(16)17-19-12(2)21-22(17)18/h3-11H,1-2H3. The Hall–Kier alpha value is -3.00. The Bertz CT molecular complexity index is 1140. The predicted molar refractivity (Wildman–Crippen MR) is 100 cm³/mol. The first-order valence-corrected chi connectivity index (χ1v) is 8.94. The van der Waals surface area contributed by atoms with Crippen molar-refractivity contribution < 1.29 is 4.92 Å². The number of aryl methyl sites for hydroxylation is 1. The van der Waals surface area contributed by atoms with Crippen molar-refractivity contribution in [2.75, 3.05) is 0 Å². The normalized spacial score (nSPS) is 12.5. The van der Waals surface area contributed by atoms with Crippen LogP contribution < -0.4 is 0 Å². The summed E-state index contributed by atoms with van der Waals surface area (Å²) in [5.41, 5.74) is 2.57. The second kappa shape index (κ2) is 6.38. The van der Waals surface area contributed by atoms with Gasteiger partial charge in [-0.05, 0) is 31.5 Å². The summed E-state index contributed by atoms with van der Waals surface area (Å²) in [7, 11) is 0. The maximum Gasteiger partial charge on any atom is 0.269 e. The highest BCUT2D eigenvalue weighted by molar-refractivity contribution is 7.99. The Kier molecular flexibility index (Phi) is 4.04. The summed E-state index contributed by atoms with van der Waals surface area (Å²) in [5, 5.41) is 17.1. The number of aromatic nitrogens is 4. The van der Waals surface area contributed by atoms with E-state index in [1.54, 1.807) is 16.6 Å². The van der Waals surface area contributed by atoms with E-state index < -0.39 is 0 Å². The molecule has 4 rings (SSSR count). The molecule has 0 saturated carbocycles. The number of nitro benzene ring substituents is 1. The Balaban J connectivity index is 1.78. The van der Waals surface area contributed by atoms with Gasteiger partial charge in [0, 0.05) is 22.8 Å². The zero-order chi connectivity index (χ0) is 18.3. The highest BCUT2D eigenvalue weighted by atomic mass is 32.2. The van der Waals surface area contributed by atoms with Crippen LogP contribution in [0.4, 0.5) is 5.69 Å². The van der Waals surface area contributed by atoms with E-state index in [1.807, 2.05) is 44.2 Å². The summed E-state index contributed by atoms with van der Waals surface area (Å²) in [5.74, 6) is 0.674. The van der Waals surface area contributed by atoms with Gasteiger partial charge in [-0.1, -0.05) is 36.0 Å². The Morgan fingerprint density at radius 2 is 1.96 bits per heavy atom. The van der Waals surface area contributed by atoms with Gasteiger partial charge in [-0.3, -0.25) is 10.1 Å². The van der Waals surface area contributed by atoms with Crippen LogP contribution in [0.1, 0.15) is 23.6 Å². The van der Waals surface area contributed by atoms with Gasteiger partial charge in [-0.25, -0.2) is 9.97 Å². The third-order valence-electron chi connectivity index (χ3n) is 4.09. The number of thioether (sulfide) groups is 1. The molecule has 0 saturated heterocycles. The zero-order valence-corrected chi connectivity index (χ0v) is 15.0. The third kappa shape index (κ3) is 2.88. The molecule has 26 heavy (non-hydrogen) atoms. The Labute approximate surface area is 153 Å². The SMILES string of the molecule is Cc1nc2c3ccccc3nc(SC(C)c3cccc([N+](=O)[O-])c3)n2n1. The highest BCUT2D eigenvalue weighted by Crippen LogP contribution is 2.36. The average Bonchev–Trinajstić information content (AvgIpc) is 3.04. The van der Waals surface area contributed by atoms with Gasteiger partial charge in [0.05, 0.1) is 10.4 Å². The second-order valence-electron chi connectivity index (χ2n) is 5.92. The molecule has 0 spiro atoms. The first-order valence-electron chi connectivity index (χ1n) is 8.06. The van der Waals surface area contributed by atoms with Crippen LogP contribution in [0.15, 0.2) is 53.7 Å². The van der Waals surface area contributed by atoms with Gasteiger partial charge in [-0.15, -0.1) is 5.10 Å². The molecule has 1 atom stereocenters. The number of nitrogens with zero attached hydrogens (tertiary/aromatic N) is 5. The van der Waals surface area contributed by atoms with E-state index >= 15 is 0 Å². The van der Waals surface area contributed by atoms with Crippen LogP contribution in [-0.2, 0) is 0 Å². The maximum absolute atomic E-state index is 11.0. The van der Waals surface area contributed by atoms with Gasteiger partial charge in [0.1, 0.15) is 5.82 Å². The van der Waals surface area contributed by atoms with Crippen molar-refractivity contribution in [1.29, 1.82) is 0 Å². The average molecular weight is 365 g/mol. The smallest absolute Gasteiger partial charge is 0.258 e. The molecule has 1 unspecified atom stereocenters. The lowest BCUT2D eigenvalue weighted by molar-refractivity contribution is -0.384. The molecular weight excluding hydrogens is 350 g/mol. The molecule has 2 aromatic heterocycles. The summed E-state index contributed by atoms with van der Waals surface area (Å²) in [6.07, 6.45) is 0. The van der Waals surface area contributed by atoms with Crippen molar-refractivity contribution in [3.63, 3.8) is 0 Å². The van der Waals surface area contributed by atoms with E-state index in [0.29, 0.717) is 11.0 Å². The number of para-hydroxylation sites is 1. The molecule has 0 amide bonds. The van der Waals surface area contributed by atoms with E-state index in [0.717, 1.165) is 22.1 Å². The van der Waals surface area contributed by atoms with Gasteiger partial charge in [-0.2, -0.15) is 4.52 Å². The first-order chi connectivity index (χ1) is 12.5. The zero-order valence-electron chi connectivity index (χ0n) is 14.2. The van der Waals surface area contributed by atoms with Crippen LogP contribution in [0.5, 0.6) is 0 Å². The summed E-state index contributed by atoms with van der Waals surface area (Å²) in [4.78, 5) is 19.9.